The molecule has 1 aliphatic heterocycles. The van der Waals surface area contributed by atoms with Gasteiger partial charge < -0.3 is 5.11 Å². The van der Waals surface area contributed by atoms with Crippen molar-refractivity contribution in [3.05, 3.63) is 0 Å². The smallest absolute Gasteiger partial charge is 0.0558 e. The number of hydrogen-bond donors (Lipinski definition) is 1. The van der Waals surface area contributed by atoms with Gasteiger partial charge in [-0.3, -0.25) is 9.89 Å². The molecule has 1 atom stereocenters. The number of nitrogens with zero attached hydrogens (tertiary/aromatic N) is 2. The molecule has 0 saturated carbocycles. The molecule has 0 amide bonds. The van der Waals surface area contributed by atoms with E-state index in [4.69, 9.17) is 5.11 Å². The van der Waals surface area contributed by atoms with Gasteiger partial charge in [-0.2, -0.15) is 0 Å². The molecule has 1 heterocycles. The second-order valence-corrected chi connectivity index (χ2v) is 3.14. The summed E-state index contributed by atoms with van der Waals surface area (Å²) in [7, 11) is 0. The molecule has 0 aliphatic carbocycles. The zero-order valence-corrected chi connectivity index (χ0v) is 7.03. The predicted octanol–water partition coefficient (Wildman–Crippen LogP) is 0.00120. The Morgan fingerprint density at radius 2 is 2.55 bits per heavy atom. The maximum absolute atomic E-state index is 8.71. The van der Waals surface area contributed by atoms with Gasteiger partial charge in [0.25, 0.3) is 0 Å². The van der Waals surface area contributed by atoms with Crippen LogP contribution in [0.5, 0.6) is 0 Å². The van der Waals surface area contributed by atoms with Gasteiger partial charge in [-0.15, -0.1) is 0 Å². The summed E-state index contributed by atoms with van der Waals surface area (Å²) in [6, 6.07) is 0. The van der Waals surface area contributed by atoms with Gasteiger partial charge in [0, 0.05) is 32.4 Å². The van der Waals surface area contributed by atoms with Crippen LogP contribution >= 0.6 is 0 Å². The lowest BCUT2D eigenvalue weighted by atomic mass is 10.2. The van der Waals surface area contributed by atoms with Crippen molar-refractivity contribution in [2.45, 2.75) is 6.92 Å². The molecule has 0 aromatic rings. The molecule has 1 rings (SSSR count). The largest absolute Gasteiger partial charge is 0.395 e. The fourth-order valence-corrected chi connectivity index (χ4v) is 1.32. The van der Waals surface area contributed by atoms with Crippen LogP contribution in [0.2, 0.25) is 0 Å². The highest BCUT2D eigenvalue weighted by Gasteiger charge is 2.10. The Balaban J connectivity index is 2.34. The average Bonchev–Trinajstić information content (AvgIpc) is 2.15. The molecule has 1 N–H and O–H groups in total. The van der Waals surface area contributed by atoms with Gasteiger partial charge in [-0.05, 0) is 5.92 Å². The molecule has 3 heteroatoms. The van der Waals surface area contributed by atoms with Gasteiger partial charge in [0.15, 0.2) is 0 Å². The number of rotatable bonds is 2. The summed E-state index contributed by atoms with van der Waals surface area (Å²) in [6.07, 6.45) is 1.94. The average molecular weight is 156 g/mol. The van der Waals surface area contributed by atoms with Gasteiger partial charge in [0.05, 0.1) is 6.61 Å². The number of aliphatic hydroxyl groups excluding tert-OH is 1. The lowest BCUT2D eigenvalue weighted by molar-refractivity contribution is 0.200. The van der Waals surface area contributed by atoms with Crippen molar-refractivity contribution in [3.8, 4) is 0 Å². The van der Waals surface area contributed by atoms with E-state index in [-0.39, 0.29) is 6.61 Å². The lowest BCUT2D eigenvalue weighted by Crippen LogP contribution is -2.31. The van der Waals surface area contributed by atoms with E-state index in [2.05, 4.69) is 16.8 Å². The van der Waals surface area contributed by atoms with Crippen LogP contribution in [0.3, 0.4) is 0 Å². The monoisotopic (exact) mass is 156 g/mol. The van der Waals surface area contributed by atoms with Crippen LogP contribution in [0.15, 0.2) is 4.99 Å². The summed E-state index contributed by atoms with van der Waals surface area (Å²) in [4.78, 5) is 6.46. The Morgan fingerprint density at radius 3 is 3.27 bits per heavy atom. The Kier molecular flexibility index (Phi) is 3.52. The van der Waals surface area contributed by atoms with E-state index in [1.807, 2.05) is 6.21 Å². The van der Waals surface area contributed by atoms with Gasteiger partial charge in [-0.25, -0.2) is 0 Å². The molecule has 0 radical (unpaired) electrons. The van der Waals surface area contributed by atoms with Crippen molar-refractivity contribution in [3.63, 3.8) is 0 Å². The zero-order valence-electron chi connectivity index (χ0n) is 7.03. The second-order valence-electron chi connectivity index (χ2n) is 3.14. The van der Waals surface area contributed by atoms with E-state index >= 15 is 0 Å². The van der Waals surface area contributed by atoms with Gasteiger partial charge in [-0.1, -0.05) is 6.92 Å². The Hall–Kier alpha value is -0.410. The Morgan fingerprint density at radius 1 is 1.73 bits per heavy atom. The molecule has 3 nitrogen and oxygen atoms in total. The van der Waals surface area contributed by atoms with Crippen molar-refractivity contribution in [2.75, 3.05) is 32.8 Å². The minimum atomic E-state index is 0.251. The summed E-state index contributed by atoms with van der Waals surface area (Å²) in [5.41, 5.74) is 0. The van der Waals surface area contributed by atoms with E-state index in [9.17, 15) is 0 Å². The molecular weight excluding hydrogens is 140 g/mol. The Labute approximate surface area is 67.7 Å². The number of aliphatic imine (C=N–C) groups is 1. The number of hydrogen-bond acceptors (Lipinski definition) is 3. The molecule has 0 aromatic heterocycles. The molecule has 0 saturated heterocycles. The van der Waals surface area contributed by atoms with Gasteiger partial charge >= 0.3 is 0 Å². The first-order valence-electron chi connectivity index (χ1n) is 4.14. The van der Waals surface area contributed by atoms with E-state index in [0.717, 1.165) is 26.2 Å². The standard InChI is InChI=1S/C8H16N2O/c1-8-6-9-2-3-10(7-8)4-5-11/h2,8,11H,3-7H2,1H3. The fraction of sp³-hybridized carbons (Fsp3) is 0.875. The third-order valence-corrected chi connectivity index (χ3v) is 1.87. The van der Waals surface area contributed by atoms with Crippen LogP contribution < -0.4 is 0 Å². The van der Waals surface area contributed by atoms with E-state index in [0.29, 0.717) is 5.92 Å². The summed E-state index contributed by atoms with van der Waals surface area (Å²) < 4.78 is 0. The normalized spacial score (nSPS) is 26.9. The molecular formula is C8H16N2O. The molecule has 1 aliphatic rings. The van der Waals surface area contributed by atoms with Crippen LogP contribution in [-0.4, -0.2) is 49.0 Å². The maximum atomic E-state index is 8.71. The van der Waals surface area contributed by atoms with Crippen molar-refractivity contribution in [1.29, 1.82) is 0 Å². The van der Waals surface area contributed by atoms with Crippen molar-refractivity contribution < 1.29 is 5.11 Å². The molecule has 11 heavy (non-hydrogen) atoms. The topological polar surface area (TPSA) is 35.8 Å². The molecule has 64 valence electrons. The third-order valence-electron chi connectivity index (χ3n) is 1.87. The maximum Gasteiger partial charge on any atom is 0.0558 e. The highest BCUT2D eigenvalue weighted by molar-refractivity contribution is 5.59. The number of β-amino-alcohol motifs (C(OH)–C–C–N with tert-alkyl or cyclic N) is 1. The summed E-state index contributed by atoms with van der Waals surface area (Å²) in [6.45, 7) is 6.09. The molecule has 0 spiro atoms. The van der Waals surface area contributed by atoms with E-state index in [1.54, 1.807) is 0 Å². The van der Waals surface area contributed by atoms with Crippen molar-refractivity contribution in [2.24, 2.45) is 10.9 Å². The first-order chi connectivity index (χ1) is 5.33. The summed E-state index contributed by atoms with van der Waals surface area (Å²) in [5.74, 6) is 0.625. The quantitative estimate of drug-likeness (QED) is 0.611. The zero-order chi connectivity index (χ0) is 8.10. The van der Waals surface area contributed by atoms with E-state index in [1.165, 1.54) is 0 Å². The van der Waals surface area contributed by atoms with Crippen LogP contribution in [0, 0.1) is 5.92 Å². The summed E-state index contributed by atoms with van der Waals surface area (Å²) in [5, 5.41) is 8.71. The number of aliphatic hydroxyl groups is 1. The summed E-state index contributed by atoms with van der Waals surface area (Å²) >= 11 is 0. The Bertz CT molecular complexity index is 136. The third kappa shape index (κ3) is 2.99. The molecule has 0 bridgehead atoms. The molecule has 0 aromatic carbocycles. The fourth-order valence-electron chi connectivity index (χ4n) is 1.32. The highest BCUT2D eigenvalue weighted by Crippen LogP contribution is 2.02. The lowest BCUT2D eigenvalue weighted by Gasteiger charge is -2.19. The van der Waals surface area contributed by atoms with Crippen LogP contribution in [0.1, 0.15) is 6.92 Å². The predicted molar refractivity (Wildman–Crippen MR) is 46.0 cm³/mol. The second kappa shape index (κ2) is 4.46. The minimum absolute atomic E-state index is 0.251. The first-order valence-corrected chi connectivity index (χ1v) is 4.14. The van der Waals surface area contributed by atoms with Gasteiger partial charge in [0.1, 0.15) is 0 Å². The molecule has 0 fully saturated rings. The SMILES string of the molecule is CC1CN=CCN(CCO)C1. The minimum Gasteiger partial charge on any atom is -0.395 e. The van der Waals surface area contributed by atoms with Crippen LogP contribution in [-0.2, 0) is 0 Å². The van der Waals surface area contributed by atoms with Crippen molar-refractivity contribution in [1.82, 2.24) is 4.90 Å². The van der Waals surface area contributed by atoms with Gasteiger partial charge in [0.2, 0.25) is 0 Å². The highest BCUT2D eigenvalue weighted by atomic mass is 16.3. The first kappa shape index (κ1) is 8.68. The van der Waals surface area contributed by atoms with Crippen LogP contribution in [0.4, 0.5) is 0 Å². The van der Waals surface area contributed by atoms with Crippen molar-refractivity contribution >= 4 is 6.21 Å². The molecule has 1 unspecified atom stereocenters. The van der Waals surface area contributed by atoms with Crippen LogP contribution in [0.25, 0.3) is 0 Å². The van der Waals surface area contributed by atoms with E-state index < -0.39 is 0 Å².